The van der Waals surface area contributed by atoms with Crippen LogP contribution in [0.4, 0.5) is 10.1 Å². The van der Waals surface area contributed by atoms with Crippen LogP contribution in [-0.2, 0) is 0 Å². The van der Waals surface area contributed by atoms with Crippen LogP contribution < -0.4 is 11.1 Å². The van der Waals surface area contributed by atoms with Gasteiger partial charge in [0.2, 0.25) is 0 Å². The van der Waals surface area contributed by atoms with E-state index in [9.17, 15) is 4.39 Å². The van der Waals surface area contributed by atoms with Crippen LogP contribution in [0, 0.1) is 12.7 Å². The maximum Gasteiger partial charge on any atom is 0.128 e. The van der Waals surface area contributed by atoms with Crippen LogP contribution in [0.15, 0.2) is 42.5 Å². The molecule has 2 aromatic rings. The molecule has 0 bridgehead atoms. The molecule has 0 heterocycles. The highest BCUT2D eigenvalue weighted by atomic mass is 32.1. The van der Waals surface area contributed by atoms with Crippen molar-refractivity contribution in [2.24, 2.45) is 5.73 Å². The third kappa shape index (κ3) is 3.14. The lowest BCUT2D eigenvalue weighted by molar-refractivity contribution is 0.600. The van der Waals surface area contributed by atoms with Crippen molar-refractivity contribution in [3.8, 4) is 0 Å². The quantitative estimate of drug-likeness (QED) is 0.837. The van der Waals surface area contributed by atoms with Crippen molar-refractivity contribution in [1.82, 2.24) is 0 Å². The van der Waals surface area contributed by atoms with Gasteiger partial charge in [0.05, 0.1) is 6.04 Å². The maximum absolute atomic E-state index is 13.8. The molecule has 2 aromatic carbocycles. The van der Waals surface area contributed by atoms with Crippen LogP contribution in [0.1, 0.15) is 29.7 Å². The van der Waals surface area contributed by atoms with Gasteiger partial charge in [-0.05, 0) is 32.0 Å². The molecule has 104 valence electrons. The number of halogens is 1. The van der Waals surface area contributed by atoms with Crippen molar-refractivity contribution in [3.05, 3.63) is 65.0 Å². The number of benzene rings is 2. The van der Waals surface area contributed by atoms with Gasteiger partial charge in [-0.25, -0.2) is 4.39 Å². The summed E-state index contributed by atoms with van der Waals surface area (Å²) in [7, 11) is 0. The van der Waals surface area contributed by atoms with Gasteiger partial charge in [-0.15, -0.1) is 0 Å². The number of aryl methyl sites for hydroxylation is 1. The second kappa shape index (κ2) is 6.01. The first-order valence-corrected chi connectivity index (χ1v) is 6.81. The van der Waals surface area contributed by atoms with Crippen molar-refractivity contribution in [2.45, 2.75) is 19.9 Å². The highest BCUT2D eigenvalue weighted by Crippen LogP contribution is 2.25. The molecular weight excluding hydrogens is 271 g/mol. The van der Waals surface area contributed by atoms with Gasteiger partial charge in [-0.3, -0.25) is 0 Å². The number of rotatable bonds is 4. The zero-order valence-electron chi connectivity index (χ0n) is 11.5. The first kappa shape index (κ1) is 14.5. The van der Waals surface area contributed by atoms with Crippen molar-refractivity contribution in [2.75, 3.05) is 5.32 Å². The van der Waals surface area contributed by atoms with Crippen molar-refractivity contribution in [3.63, 3.8) is 0 Å². The fourth-order valence-electron chi connectivity index (χ4n) is 2.13. The van der Waals surface area contributed by atoms with E-state index in [1.807, 2.05) is 38.1 Å². The minimum atomic E-state index is -0.225. The summed E-state index contributed by atoms with van der Waals surface area (Å²) >= 11 is 5.07. The predicted molar refractivity (Wildman–Crippen MR) is 85.5 cm³/mol. The maximum atomic E-state index is 13.8. The number of hydrogen-bond donors (Lipinski definition) is 2. The van der Waals surface area contributed by atoms with Crippen molar-refractivity contribution in [1.29, 1.82) is 0 Å². The normalized spacial score (nSPS) is 11.9. The lowest BCUT2D eigenvalue weighted by atomic mass is 10.1. The van der Waals surface area contributed by atoms with E-state index in [2.05, 4.69) is 5.32 Å². The van der Waals surface area contributed by atoms with Gasteiger partial charge in [0, 0.05) is 16.8 Å². The summed E-state index contributed by atoms with van der Waals surface area (Å²) in [6.45, 7) is 3.88. The second-order valence-electron chi connectivity index (χ2n) is 4.80. The highest BCUT2D eigenvalue weighted by Gasteiger charge is 2.13. The van der Waals surface area contributed by atoms with E-state index in [0.29, 0.717) is 10.6 Å². The molecule has 0 aliphatic rings. The summed E-state index contributed by atoms with van der Waals surface area (Å²) in [6.07, 6.45) is 0. The van der Waals surface area contributed by atoms with Crippen LogP contribution in [0.2, 0.25) is 0 Å². The molecule has 0 saturated carbocycles. The van der Waals surface area contributed by atoms with Crippen LogP contribution in [0.3, 0.4) is 0 Å². The van der Waals surface area contributed by atoms with Crippen LogP contribution in [-0.4, -0.2) is 4.99 Å². The Bertz CT molecular complexity index is 640. The third-order valence-electron chi connectivity index (χ3n) is 3.18. The zero-order chi connectivity index (χ0) is 14.7. The number of nitrogens with one attached hydrogen (secondary N) is 1. The molecule has 0 aromatic heterocycles. The topological polar surface area (TPSA) is 38.0 Å². The minimum Gasteiger partial charge on any atom is -0.389 e. The zero-order valence-corrected chi connectivity index (χ0v) is 12.3. The number of thiocarbonyl (C=S) groups is 1. The Labute approximate surface area is 123 Å². The van der Waals surface area contributed by atoms with Crippen LogP contribution in [0.5, 0.6) is 0 Å². The van der Waals surface area contributed by atoms with E-state index in [4.69, 9.17) is 18.0 Å². The summed E-state index contributed by atoms with van der Waals surface area (Å²) < 4.78 is 13.8. The Morgan fingerprint density at radius 1 is 1.25 bits per heavy atom. The fraction of sp³-hybridized carbons (Fsp3) is 0.188. The van der Waals surface area contributed by atoms with E-state index in [1.165, 1.54) is 6.07 Å². The van der Waals surface area contributed by atoms with Crippen molar-refractivity contribution < 1.29 is 4.39 Å². The molecule has 3 N–H and O–H groups in total. The second-order valence-corrected chi connectivity index (χ2v) is 5.24. The summed E-state index contributed by atoms with van der Waals surface area (Å²) in [6, 6.07) is 12.4. The van der Waals surface area contributed by atoms with Gasteiger partial charge >= 0.3 is 0 Å². The van der Waals surface area contributed by atoms with Gasteiger partial charge in [-0.1, -0.05) is 42.0 Å². The Morgan fingerprint density at radius 2 is 1.95 bits per heavy atom. The first-order valence-electron chi connectivity index (χ1n) is 6.40. The molecule has 1 atom stereocenters. The number of nitrogens with two attached hydrogens (primary N) is 1. The Kier molecular flexibility index (Phi) is 4.35. The smallest absolute Gasteiger partial charge is 0.128 e. The lowest BCUT2D eigenvalue weighted by Crippen LogP contribution is -2.16. The summed E-state index contributed by atoms with van der Waals surface area (Å²) in [5.41, 5.74) is 9.04. The Morgan fingerprint density at radius 3 is 2.60 bits per heavy atom. The van der Waals surface area contributed by atoms with Crippen LogP contribution >= 0.6 is 12.2 Å². The lowest BCUT2D eigenvalue weighted by Gasteiger charge is -2.19. The van der Waals surface area contributed by atoms with Crippen molar-refractivity contribution >= 4 is 22.9 Å². The summed E-state index contributed by atoms with van der Waals surface area (Å²) in [5, 5.41) is 3.27. The molecule has 0 spiro atoms. The molecule has 4 heteroatoms. The van der Waals surface area contributed by atoms with Crippen LogP contribution in [0.25, 0.3) is 0 Å². The van der Waals surface area contributed by atoms with E-state index in [0.717, 1.165) is 16.8 Å². The van der Waals surface area contributed by atoms with E-state index in [1.54, 1.807) is 12.1 Å². The van der Waals surface area contributed by atoms with E-state index < -0.39 is 0 Å². The fourth-order valence-corrected chi connectivity index (χ4v) is 2.29. The average molecular weight is 288 g/mol. The molecule has 2 rings (SSSR count). The predicted octanol–water partition coefficient (Wildman–Crippen LogP) is 3.94. The Hall–Kier alpha value is -1.94. The van der Waals surface area contributed by atoms with Gasteiger partial charge in [0.15, 0.2) is 0 Å². The molecule has 0 radical (unpaired) electrons. The molecule has 0 fully saturated rings. The van der Waals surface area contributed by atoms with Gasteiger partial charge in [-0.2, -0.15) is 0 Å². The molecule has 2 nitrogen and oxygen atoms in total. The molecule has 0 amide bonds. The number of anilines is 1. The summed E-state index contributed by atoms with van der Waals surface area (Å²) in [4.78, 5) is 0.330. The monoisotopic (exact) mass is 288 g/mol. The molecule has 0 aliphatic heterocycles. The Balaban J connectivity index is 2.31. The standard InChI is InChI=1S/C16H17FN2S/c1-10-7-8-15(13(9-10)16(18)20)19-11(2)12-5-3-4-6-14(12)17/h3-9,11,19H,1-2H3,(H2,18,20). The first-order chi connectivity index (χ1) is 9.49. The molecular formula is C16H17FN2S. The van der Waals surface area contributed by atoms with Gasteiger partial charge in [0.25, 0.3) is 0 Å². The number of hydrogen-bond acceptors (Lipinski definition) is 2. The molecule has 0 saturated heterocycles. The average Bonchev–Trinajstić information content (AvgIpc) is 2.41. The van der Waals surface area contributed by atoms with Gasteiger partial charge in [0.1, 0.15) is 10.8 Å². The third-order valence-corrected chi connectivity index (χ3v) is 3.40. The van der Waals surface area contributed by atoms with E-state index >= 15 is 0 Å². The molecule has 0 aliphatic carbocycles. The highest BCUT2D eigenvalue weighted by molar-refractivity contribution is 7.80. The SMILES string of the molecule is Cc1ccc(NC(C)c2ccccc2F)c(C(N)=S)c1. The molecule has 1 unspecified atom stereocenters. The molecule has 20 heavy (non-hydrogen) atoms. The summed E-state index contributed by atoms with van der Waals surface area (Å²) in [5.74, 6) is -0.225. The minimum absolute atomic E-state index is 0.174. The largest absolute Gasteiger partial charge is 0.389 e. The van der Waals surface area contributed by atoms with Gasteiger partial charge < -0.3 is 11.1 Å². The van der Waals surface area contributed by atoms with E-state index in [-0.39, 0.29) is 11.9 Å².